The minimum absolute atomic E-state index is 0.0507. The summed E-state index contributed by atoms with van der Waals surface area (Å²) in [5.74, 6) is -0.953. The summed E-state index contributed by atoms with van der Waals surface area (Å²) >= 11 is 0. The van der Waals surface area contributed by atoms with Crippen molar-refractivity contribution >= 4 is 17.1 Å². The van der Waals surface area contributed by atoms with E-state index >= 15 is 0 Å². The van der Waals surface area contributed by atoms with Gasteiger partial charge >= 0.3 is 0 Å². The fraction of sp³-hybridized carbons (Fsp3) is 0. The van der Waals surface area contributed by atoms with Gasteiger partial charge in [-0.2, -0.15) is 10.2 Å². The van der Waals surface area contributed by atoms with E-state index in [9.17, 15) is 8.78 Å². The highest BCUT2D eigenvalue weighted by Gasteiger charge is 1.99. The van der Waals surface area contributed by atoms with Gasteiger partial charge in [0.05, 0.1) is 17.1 Å². The second-order valence-electron chi connectivity index (χ2n) is 3.39. The third kappa shape index (κ3) is 2.84. The number of azo groups is 1. The van der Waals surface area contributed by atoms with E-state index in [1.807, 2.05) is 0 Å². The molecule has 0 saturated carbocycles. The van der Waals surface area contributed by atoms with Gasteiger partial charge in [-0.15, -0.1) is 0 Å². The number of anilines is 1. The Kier molecular flexibility index (Phi) is 3.09. The fourth-order valence-corrected chi connectivity index (χ4v) is 1.23. The summed E-state index contributed by atoms with van der Waals surface area (Å²) in [5.41, 5.74) is 6.05. The summed E-state index contributed by atoms with van der Waals surface area (Å²) in [6.07, 6.45) is 0. The molecular formula is C12H9F2N3. The number of rotatable bonds is 2. The first-order chi connectivity index (χ1) is 8.15. The minimum atomic E-state index is -0.555. The summed E-state index contributed by atoms with van der Waals surface area (Å²) in [6, 6.07) is 9.75. The molecule has 5 heteroatoms. The molecule has 86 valence electrons. The van der Waals surface area contributed by atoms with Gasteiger partial charge in [0.15, 0.2) is 0 Å². The Hall–Kier alpha value is -2.30. The van der Waals surface area contributed by atoms with E-state index in [1.54, 1.807) is 6.07 Å². The summed E-state index contributed by atoms with van der Waals surface area (Å²) in [6.45, 7) is 0. The molecule has 0 aliphatic carbocycles. The van der Waals surface area contributed by atoms with Crippen molar-refractivity contribution in [2.45, 2.75) is 0 Å². The summed E-state index contributed by atoms with van der Waals surface area (Å²) in [7, 11) is 0. The van der Waals surface area contributed by atoms with Gasteiger partial charge in [-0.05, 0) is 24.3 Å². The summed E-state index contributed by atoms with van der Waals surface area (Å²) < 4.78 is 25.9. The maximum absolute atomic E-state index is 13.1. The number of nitrogens with two attached hydrogens (primary N) is 1. The van der Waals surface area contributed by atoms with Crippen molar-refractivity contribution < 1.29 is 8.78 Å². The zero-order chi connectivity index (χ0) is 12.3. The van der Waals surface area contributed by atoms with Crippen LogP contribution in [0.4, 0.5) is 25.8 Å². The monoisotopic (exact) mass is 233 g/mol. The van der Waals surface area contributed by atoms with Gasteiger partial charge in [0, 0.05) is 12.1 Å². The van der Waals surface area contributed by atoms with Crippen LogP contribution < -0.4 is 5.73 Å². The second kappa shape index (κ2) is 4.69. The van der Waals surface area contributed by atoms with Gasteiger partial charge in [0.2, 0.25) is 0 Å². The maximum Gasteiger partial charge on any atom is 0.148 e. The van der Waals surface area contributed by atoms with Gasteiger partial charge < -0.3 is 5.73 Å². The first-order valence-electron chi connectivity index (χ1n) is 4.87. The number of halogens is 2. The first-order valence-corrected chi connectivity index (χ1v) is 4.87. The van der Waals surface area contributed by atoms with Gasteiger partial charge in [-0.3, -0.25) is 0 Å². The molecule has 0 bridgehead atoms. The van der Waals surface area contributed by atoms with E-state index in [4.69, 9.17) is 5.73 Å². The van der Waals surface area contributed by atoms with Crippen molar-refractivity contribution in [3.8, 4) is 0 Å². The minimum Gasteiger partial charge on any atom is -0.396 e. The maximum atomic E-state index is 13.1. The number of hydrogen-bond acceptors (Lipinski definition) is 3. The van der Waals surface area contributed by atoms with E-state index in [0.29, 0.717) is 11.4 Å². The van der Waals surface area contributed by atoms with Gasteiger partial charge in [-0.25, -0.2) is 8.78 Å². The third-order valence-electron chi connectivity index (χ3n) is 2.07. The topological polar surface area (TPSA) is 50.7 Å². The molecule has 0 spiro atoms. The van der Waals surface area contributed by atoms with Crippen LogP contribution in [0.1, 0.15) is 0 Å². The number of hydrogen-bond donors (Lipinski definition) is 1. The van der Waals surface area contributed by atoms with Crippen molar-refractivity contribution in [2.75, 3.05) is 5.73 Å². The largest absolute Gasteiger partial charge is 0.396 e. The zero-order valence-electron chi connectivity index (χ0n) is 8.77. The lowest BCUT2D eigenvalue weighted by molar-refractivity contribution is 0.628. The Labute approximate surface area is 96.6 Å². The highest BCUT2D eigenvalue weighted by molar-refractivity contribution is 5.49. The Morgan fingerprint density at radius 3 is 2.24 bits per heavy atom. The molecule has 2 aromatic carbocycles. The smallest absolute Gasteiger partial charge is 0.148 e. The molecule has 0 amide bonds. The lowest BCUT2D eigenvalue weighted by Gasteiger charge is -1.97. The predicted octanol–water partition coefficient (Wildman–Crippen LogP) is 3.96. The lowest BCUT2D eigenvalue weighted by atomic mass is 10.3. The average Bonchev–Trinajstić information content (AvgIpc) is 2.31. The third-order valence-corrected chi connectivity index (χ3v) is 2.07. The Bertz CT molecular complexity index is 567. The van der Waals surface area contributed by atoms with E-state index < -0.39 is 11.6 Å². The van der Waals surface area contributed by atoms with Crippen LogP contribution in [-0.2, 0) is 0 Å². The van der Waals surface area contributed by atoms with E-state index in [1.165, 1.54) is 30.3 Å². The van der Waals surface area contributed by atoms with Crippen molar-refractivity contribution in [3.63, 3.8) is 0 Å². The van der Waals surface area contributed by atoms with Crippen LogP contribution in [-0.4, -0.2) is 0 Å². The normalized spacial score (nSPS) is 10.9. The van der Waals surface area contributed by atoms with E-state index in [-0.39, 0.29) is 5.69 Å². The van der Waals surface area contributed by atoms with Gasteiger partial charge in [0.25, 0.3) is 0 Å². The van der Waals surface area contributed by atoms with Crippen LogP contribution in [0.15, 0.2) is 52.7 Å². The molecule has 2 aromatic rings. The SMILES string of the molecule is Nc1ccc(N=Nc2cccc(F)c2)cc1F. The molecule has 2 N–H and O–H groups in total. The molecule has 0 fully saturated rings. The number of nitrogen functional groups attached to an aromatic ring is 1. The Balaban J connectivity index is 2.23. The highest BCUT2D eigenvalue weighted by Crippen LogP contribution is 2.21. The zero-order valence-corrected chi connectivity index (χ0v) is 8.77. The molecule has 0 unspecified atom stereocenters. The first kappa shape index (κ1) is 11.2. The molecule has 0 radical (unpaired) electrons. The van der Waals surface area contributed by atoms with Crippen LogP contribution in [0, 0.1) is 11.6 Å². The van der Waals surface area contributed by atoms with Crippen molar-refractivity contribution in [1.29, 1.82) is 0 Å². The Morgan fingerprint density at radius 1 is 0.882 bits per heavy atom. The molecule has 0 aliphatic heterocycles. The second-order valence-corrected chi connectivity index (χ2v) is 3.39. The van der Waals surface area contributed by atoms with Crippen LogP contribution in [0.2, 0.25) is 0 Å². The van der Waals surface area contributed by atoms with E-state index in [2.05, 4.69) is 10.2 Å². The molecule has 0 aliphatic rings. The molecule has 0 heterocycles. The number of benzene rings is 2. The van der Waals surface area contributed by atoms with Gasteiger partial charge in [-0.1, -0.05) is 6.07 Å². The van der Waals surface area contributed by atoms with Crippen molar-refractivity contribution in [2.24, 2.45) is 10.2 Å². The standard InChI is InChI=1S/C12H9F2N3/c13-8-2-1-3-9(6-8)16-17-10-4-5-12(15)11(14)7-10/h1-7H,15H2. The number of nitrogens with zero attached hydrogens (tertiary/aromatic N) is 2. The predicted molar refractivity (Wildman–Crippen MR) is 61.4 cm³/mol. The Morgan fingerprint density at radius 2 is 1.59 bits per heavy atom. The lowest BCUT2D eigenvalue weighted by Crippen LogP contribution is -1.87. The molecule has 2 rings (SSSR count). The van der Waals surface area contributed by atoms with Crippen LogP contribution in [0.5, 0.6) is 0 Å². The summed E-state index contributed by atoms with van der Waals surface area (Å²) in [4.78, 5) is 0. The molecule has 17 heavy (non-hydrogen) atoms. The van der Waals surface area contributed by atoms with Gasteiger partial charge in [0.1, 0.15) is 11.6 Å². The van der Waals surface area contributed by atoms with Crippen molar-refractivity contribution in [3.05, 3.63) is 54.1 Å². The molecule has 0 atom stereocenters. The quantitative estimate of drug-likeness (QED) is 0.619. The van der Waals surface area contributed by atoms with Crippen LogP contribution in [0.3, 0.4) is 0 Å². The van der Waals surface area contributed by atoms with Crippen molar-refractivity contribution in [1.82, 2.24) is 0 Å². The molecular weight excluding hydrogens is 224 g/mol. The fourth-order valence-electron chi connectivity index (χ4n) is 1.23. The molecule has 3 nitrogen and oxygen atoms in total. The van der Waals surface area contributed by atoms with Crippen LogP contribution in [0.25, 0.3) is 0 Å². The average molecular weight is 233 g/mol. The molecule has 0 saturated heterocycles. The van der Waals surface area contributed by atoms with E-state index in [0.717, 1.165) is 6.07 Å². The highest BCUT2D eigenvalue weighted by atomic mass is 19.1. The van der Waals surface area contributed by atoms with Crippen LogP contribution >= 0.6 is 0 Å². The summed E-state index contributed by atoms with van der Waals surface area (Å²) in [5, 5.41) is 7.57. The molecule has 0 aromatic heterocycles.